The Labute approximate surface area is 116 Å². The molecule has 3 unspecified atom stereocenters. The summed E-state index contributed by atoms with van der Waals surface area (Å²) in [6.07, 6.45) is 0.133. The summed E-state index contributed by atoms with van der Waals surface area (Å²) in [7, 11) is 0. The number of carbonyl (C=O) groups is 1. The van der Waals surface area contributed by atoms with Gasteiger partial charge in [0.2, 0.25) is 0 Å². The average molecular weight is 272 g/mol. The van der Waals surface area contributed by atoms with Crippen molar-refractivity contribution in [2.24, 2.45) is 5.41 Å². The topological polar surface area (TPSA) is 70.6 Å². The van der Waals surface area contributed by atoms with E-state index in [0.29, 0.717) is 6.54 Å². The van der Waals surface area contributed by atoms with E-state index in [1.807, 2.05) is 41.5 Å². The summed E-state index contributed by atoms with van der Waals surface area (Å²) in [5, 5.41) is 15.8. The van der Waals surface area contributed by atoms with Gasteiger partial charge in [-0.1, -0.05) is 13.8 Å². The first-order valence-corrected chi connectivity index (χ1v) is 6.93. The van der Waals surface area contributed by atoms with Crippen molar-refractivity contribution in [1.82, 2.24) is 10.6 Å². The Hall–Kier alpha value is -0.810. The van der Waals surface area contributed by atoms with Crippen LogP contribution in [0.5, 0.6) is 0 Å². The van der Waals surface area contributed by atoms with Crippen molar-refractivity contribution in [2.75, 3.05) is 6.54 Å². The molecule has 0 aliphatic heterocycles. The Bertz CT molecular complexity index is 323. The molecule has 1 amide bonds. The van der Waals surface area contributed by atoms with E-state index < -0.39 is 11.7 Å². The molecule has 3 atom stereocenters. The number of carbonyl (C=O) groups excluding carboxylic acids is 1. The molecule has 0 radical (unpaired) electrons. The molecule has 0 saturated heterocycles. The minimum atomic E-state index is -0.471. The molecule has 0 aromatic heterocycles. The SMILES string of the molecule is CC(CNC(=O)OC(C)(C)C)NC1CC(O)C1(C)C. The maximum atomic E-state index is 11.5. The van der Waals surface area contributed by atoms with Gasteiger partial charge in [-0.15, -0.1) is 0 Å². The van der Waals surface area contributed by atoms with E-state index in [0.717, 1.165) is 6.42 Å². The van der Waals surface area contributed by atoms with Gasteiger partial charge in [0.25, 0.3) is 0 Å². The minimum absolute atomic E-state index is 0.0970. The lowest BCUT2D eigenvalue weighted by Gasteiger charge is -2.50. The van der Waals surface area contributed by atoms with Gasteiger partial charge in [-0.25, -0.2) is 4.79 Å². The Kier molecular flexibility index (Phi) is 4.85. The normalized spacial score (nSPS) is 27.3. The van der Waals surface area contributed by atoms with Crippen LogP contribution in [0.1, 0.15) is 48.0 Å². The predicted octanol–water partition coefficient (Wildman–Crippen LogP) is 1.65. The Morgan fingerprint density at radius 2 is 2.05 bits per heavy atom. The number of nitrogens with one attached hydrogen (secondary N) is 2. The first kappa shape index (κ1) is 16.2. The zero-order chi connectivity index (χ0) is 14.8. The standard InChI is InChI=1S/C14H28N2O3/c1-9(8-15-12(18)19-13(2,3)4)16-10-7-11(17)14(10,5)6/h9-11,16-17H,7-8H2,1-6H3,(H,15,18). The van der Waals surface area contributed by atoms with Gasteiger partial charge in [0.1, 0.15) is 5.60 Å². The van der Waals surface area contributed by atoms with Gasteiger partial charge in [0.05, 0.1) is 6.10 Å². The Morgan fingerprint density at radius 3 is 2.47 bits per heavy atom. The number of aliphatic hydroxyl groups is 1. The van der Waals surface area contributed by atoms with Gasteiger partial charge in [-0.05, 0) is 34.1 Å². The molecule has 3 N–H and O–H groups in total. The minimum Gasteiger partial charge on any atom is -0.444 e. The highest BCUT2D eigenvalue weighted by atomic mass is 16.6. The Morgan fingerprint density at radius 1 is 1.47 bits per heavy atom. The van der Waals surface area contributed by atoms with Crippen molar-refractivity contribution in [3.05, 3.63) is 0 Å². The van der Waals surface area contributed by atoms with Crippen molar-refractivity contribution in [3.8, 4) is 0 Å². The van der Waals surface area contributed by atoms with Crippen LogP contribution in [0.2, 0.25) is 0 Å². The van der Waals surface area contributed by atoms with E-state index in [9.17, 15) is 9.90 Å². The highest BCUT2D eigenvalue weighted by molar-refractivity contribution is 5.67. The third-order valence-corrected chi connectivity index (χ3v) is 3.65. The molecule has 0 bridgehead atoms. The van der Waals surface area contributed by atoms with Crippen LogP contribution in [0, 0.1) is 5.41 Å². The molecule has 0 heterocycles. The van der Waals surface area contributed by atoms with Crippen LogP contribution in [0.15, 0.2) is 0 Å². The van der Waals surface area contributed by atoms with Gasteiger partial charge < -0.3 is 20.5 Å². The molecule has 1 fully saturated rings. The number of alkyl carbamates (subject to hydrolysis) is 1. The third-order valence-electron chi connectivity index (χ3n) is 3.65. The quantitative estimate of drug-likeness (QED) is 0.728. The van der Waals surface area contributed by atoms with Crippen LogP contribution < -0.4 is 10.6 Å². The molecular formula is C14H28N2O3. The van der Waals surface area contributed by atoms with E-state index in [1.54, 1.807) is 0 Å². The van der Waals surface area contributed by atoms with Crippen LogP contribution in [0.3, 0.4) is 0 Å². The van der Waals surface area contributed by atoms with Crippen LogP contribution >= 0.6 is 0 Å². The predicted molar refractivity (Wildman–Crippen MR) is 75.0 cm³/mol. The van der Waals surface area contributed by atoms with Gasteiger partial charge in [-0.2, -0.15) is 0 Å². The molecular weight excluding hydrogens is 244 g/mol. The molecule has 112 valence electrons. The highest BCUT2D eigenvalue weighted by Gasteiger charge is 2.47. The number of aliphatic hydroxyl groups excluding tert-OH is 1. The molecule has 0 aromatic rings. The van der Waals surface area contributed by atoms with Gasteiger partial charge in [0.15, 0.2) is 0 Å². The van der Waals surface area contributed by atoms with Crippen molar-refractivity contribution in [1.29, 1.82) is 0 Å². The number of ether oxygens (including phenoxy) is 1. The zero-order valence-corrected chi connectivity index (χ0v) is 12.9. The zero-order valence-electron chi connectivity index (χ0n) is 12.9. The third kappa shape index (κ3) is 4.66. The van der Waals surface area contributed by atoms with Gasteiger partial charge in [-0.3, -0.25) is 0 Å². The van der Waals surface area contributed by atoms with Crippen molar-refractivity contribution in [2.45, 2.75) is 71.8 Å². The lowest BCUT2D eigenvalue weighted by molar-refractivity contribution is -0.0752. The van der Waals surface area contributed by atoms with Crippen LogP contribution in [-0.4, -0.2) is 41.5 Å². The second kappa shape index (κ2) is 5.67. The number of hydrogen-bond donors (Lipinski definition) is 3. The monoisotopic (exact) mass is 272 g/mol. The summed E-state index contributed by atoms with van der Waals surface area (Å²) < 4.78 is 5.17. The molecule has 1 aliphatic carbocycles. The van der Waals surface area contributed by atoms with Crippen molar-refractivity contribution in [3.63, 3.8) is 0 Å². The fraction of sp³-hybridized carbons (Fsp3) is 0.929. The van der Waals surface area contributed by atoms with E-state index >= 15 is 0 Å². The van der Waals surface area contributed by atoms with E-state index in [2.05, 4.69) is 10.6 Å². The molecule has 0 spiro atoms. The molecule has 1 rings (SSSR count). The molecule has 5 heteroatoms. The highest BCUT2D eigenvalue weighted by Crippen LogP contribution is 2.40. The summed E-state index contributed by atoms with van der Waals surface area (Å²) in [4.78, 5) is 11.5. The fourth-order valence-electron chi connectivity index (χ4n) is 2.14. The molecule has 0 aromatic carbocycles. The van der Waals surface area contributed by atoms with Crippen LogP contribution in [-0.2, 0) is 4.74 Å². The molecule has 19 heavy (non-hydrogen) atoms. The summed E-state index contributed by atoms with van der Waals surface area (Å²) >= 11 is 0. The summed E-state index contributed by atoms with van der Waals surface area (Å²) in [6.45, 7) is 12.1. The van der Waals surface area contributed by atoms with Gasteiger partial charge in [0, 0.05) is 24.0 Å². The first-order chi connectivity index (χ1) is 8.52. The van der Waals surface area contributed by atoms with E-state index in [1.165, 1.54) is 0 Å². The molecule has 5 nitrogen and oxygen atoms in total. The van der Waals surface area contributed by atoms with Crippen molar-refractivity contribution >= 4 is 6.09 Å². The number of hydrogen-bond acceptors (Lipinski definition) is 4. The largest absolute Gasteiger partial charge is 0.444 e. The summed E-state index contributed by atoms with van der Waals surface area (Å²) in [5.74, 6) is 0. The second-order valence-corrected chi connectivity index (χ2v) is 7.08. The van der Waals surface area contributed by atoms with Crippen molar-refractivity contribution < 1.29 is 14.6 Å². The van der Waals surface area contributed by atoms with E-state index in [4.69, 9.17) is 4.74 Å². The maximum Gasteiger partial charge on any atom is 0.407 e. The number of amides is 1. The fourth-order valence-corrected chi connectivity index (χ4v) is 2.14. The summed E-state index contributed by atoms with van der Waals surface area (Å²) in [5.41, 5.74) is -0.568. The maximum absolute atomic E-state index is 11.5. The smallest absolute Gasteiger partial charge is 0.407 e. The lowest BCUT2D eigenvalue weighted by Crippen LogP contribution is -2.62. The van der Waals surface area contributed by atoms with Gasteiger partial charge >= 0.3 is 6.09 Å². The Balaban J connectivity index is 2.26. The number of rotatable bonds is 4. The average Bonchev–Trinajstić information content (AvgIpc) is 2.23. The van der Waals surface area contributed by atoms with Crippen LogP contribution in [0.4, 0.5) is 4.79 Å². The van der Waals surface area contributed by atoms with E-state index in [-0.39, 0.29) is 23.6 Å². The molecule has 1 saturated carbocycles. The van der Waals surface area contributed by atoms with Crippen LogP contribution in [0.25, 0.3) is 0 Å². The second-order valence-electron chi connectivity index (χ2n) is 7.08. The molecule has 1 aliphatic rings. The first-order valence-electron chi connectivity index (χ1n) is 6.93. The summed E-state index contributed by atoms with van der Waals surface area (Å²) in [6, 6.07) is 0.433. The lowest BCUT2D eigenvalue weighted by atomic mass is 9.64.